The smallest absolute Gasteiger partial charge is 0.261 e. The molecule has 1 atom stereocenters. The van der Waals surface area contributed by atoms with Crippen molar-refractivity contribution in [1.29, 1.82) is 0 Å². The van der Waals surface area contributed by atoms with Gasteiger partial charge in [0.1, 0.15) is 11.8 Å². The molecule has 0 aliphatic rings. The van der Waals surface area contributed by atoms with E-state index in [4.69, 9.17) is 27.9 Å². The van der Waals surface area contributed by atoms with Gasteiger partial charge in [0.2, 0.25) is 5.91 Å². The van der Waals surface area contributed by atoms with E-state index in [1.54, 1.807) is 11.0 Å². The molecule has 3 rings (SSSR count). The van der Waals surface area contributed by atoms with E-state index in [1.807, 2.05) is 74.5 Å². The number of ether oxygens (including phenoxy) is 1. The van der Waals surface area contributed by atoms with Crippen molar-refractivity contribution in [2.24, 2.45) is 0 Å². The van der Waals surface area contributed by atoms with Crippen molar-refractivity contribution >= 4 is 35.0 Å². The van der Waals surface area contributed by atoms with E-state index in [0.29, 0.717) is 28.8 Å². The second kappa shape index (κ2) is 14.1. The Morgan fingerprint density at radius 3 is 2.27 bits per heavy atom. The Hall–Kier alpha value is -3.02. The lowest BCUT2D eigenvalue weighted by Gasteiger charge is -2.31. The van der Waals surface area contributed by atoms with E-state index in [1.165, 1.54) is 0 Å². The number of halogens is 2. The topological polar surface area (TPSA) is 58.6 Å². The van der Waals surface area contributed by atoms with Crippen LogP contribution in [-0.4, -0.2) is 35.9 Å². The maximum absolute atomic E-state index is 13.7. The molecule has 0 saturated heterocycles. The van der Waals surface area contributed by atoms with Crippen LogP contribution in [-0.2, 0) is 22.6 Å². The first kappa shape index (κ1) is 28.5. The molecule has 0 spiro atoms. The number of unbranched alkanes of at least 4 members (excludes halogenated alkanes) is 1. The van der Waals surface area contributed by atoms with Gasteiger partial charge >= 0.3 is 0 Å². The molecule has 2 amide bonds. The lowest BCUT2D eigenvalue weighted by Crippen LogP contribution is -2.51. The monoisotopic (exact) mass is 540 g/mol. The number of benzene rings is 3. The van der Waals surface area contributed by atoms with Gasteiger partial charge in [-0.25, -0.2) is 0 Å². The number of hydrogen-bond acceptors (Lipinski definition) is 3. The minimum atomic E-state index is -0.719. The molecule has 196 valence electrons. The third-order valence-electron chi connectivity index (χ3n) is 6.11. The quantitative estimate of drug-likeness (QED) is 0.265. The number of carbonyl (C=O) groups excluding carboxylic acids is 2. The van der Waals surface area contributed by atoms with E-state index in [0.717, 1.165) is 35.1 Å². The molecule has 0 heterocycles. The Labute approximate surface area is 229 Å². The lowest BCUT2D eigenvalue weighted by molar-refractivity contribution is -0.142. The first-order valence-corrected chi connectivity index (χ1v) is 13.3. The minimum Gasteiger partial charge on any atom is -0.484 e. The number of amides is 2. The second-order valence-electron chi connectivity index (χ2n) is 9.16. The van der Waals surface area contributed by atoms with Crippen LogP contribution >= 0.6 is 23.2 Å². The number of aryl methyl sites for hydroxylation is 2. The Balaban J connectivity index is 1.90. The normalized spacial score (nSPS) is 11.6. The lowest BCUT2D eigenvalue weighted by atomic mass is 10.0. The van der Waals surface area contributed by atoms with Gasteiger partial charge in [-0.15, -0.1) is 0 Å². The van der Waals surface area contributed by atoms with Crippen molar-refractivity contribution < 1.29 is 14.3 Å². The molecule has 0 aliphatic heterocycles. The van der Waals surface area contributed by atoms with Crippen LogP contribution in [0.15, 0.2) is 66.7 Å². The van der Waals surface area contributed by atoms with Crippen LogP contribution in [0.3, 0.4) is 0 Å². The predicted octanol–water partition coefficient (Wildman–Crippen LogP) is 6.55. The molecule has 0 aromatic heterocycles. The summed E-state index contributed by atoms with van der Waals surface area (Å²) in [5, 5.41) is 4.26. The fourth-order valence-corrected chi connectivity index (χ4v) is 4.43. The van der Waals surface area contributed by atoms with Crippen molar-refractivity contribution in [2.75, 3.05) is 13.2 Å². The van der Waals surface area contributed by atoms with Gasteiger partial charge in [0.15, 0.2) is 6.61 Å². The summed E-state index contributed by atoms with van der Waals surface area (Å²) in [7, 11) is 0. The van der Waals surface area contributed by atoms with Crippen LogP contribution in [0.4, 0.5) is 0 Å². The third kappa shape index (κ3) is 8.51. The molecule has 5 nitrogen and oxygen atoms in total. The van der Waals surface area contributed by atoms with Crippen molar-refractivity contribution in [3.8, 4) is 5.75 Å². The zero-order chi connectivity index (χ0) is 26.8. The van der Waals surface area contributed by atoms with Gasteiger partial charge in [-0.1, -0.05) is 79.0 Å². The average Bonchev–Trinajstić information content (AvgIpc) is 2.88. The van der Waals surface area contributed by atoms with Crippen molar-refractivity contribution in [1.82, 2.24) is 10.2 Å². The Morgan fingerprint density at radius 2 is 1.62 bits per heavy atom. The van der Waals surface area contributed by atoms with Crippen LogP contribution < -0.4 is 10.1 Å². The molecule has 37 heavy (non-hydrogen) atoms. The van der Waals surface area contributed by atoms with Crippen LogP contribution in [0.2, 0.25) is 10.0 Å². The molecular formula is C30H34Cl2N2O3. The molecule has 7 heteroatoms. The van der Waals surface area contributed by atoms with Gasteiger partial charge in [-0.2, -0.15) is 0 Å². The van der Waals surface area contributed by atoms with Gasteiger partial charge in [-0.3, -0.25) is 9.59 Å². The van der Waals surface area contributed by atoms with E-state index in [-0.39, 0.29) is 25.0 Å². The van der Waals surface area contributed by atoms with E-state index >= 15 is 0 Å². The highest BCUT2D eigenvalue weighted by atomic mass is 35.5. The number of carbonyl (C=O) groups is 2. The Kier molecular flexibility index (Phi) is 10.8. The number of nitrogens with one attached hydrogen (secondary N) is 1. The molecule has 0 aliphatic carbocycles. The highest BCUT2D eigenvalue weighted by molar-refractivity contribution is 6.32. The van der Waals surface area contributed by atoms with Crippen LogP contribution in [0.25, 0.3) is 0 Å². The molecule has 3 aromatic rings. The summed E-state index contributed by atoms with van der Waals surface area (Å²) in [6.45, 7) is 6.42. The molecule has 0 saturated carbocycles. The van der Waals surface area contributed by atoms with Crippen molar-refractivity contribution in [3.63, 3.8) is 0 Å². The SMILES string of the molecule is CCCCNC(=O)[C@@H](Cc1ccccc1)N(Cc1cccc(Cl)c1)C(=O)COc1cc(C)c(Cl)c(C)c1. The standard InChI is InChI=1S/C30H34Cl2N2O3/c1-4-5-14-33-30(36)27(18-23-10-7-6-8-11-23)34(19-24-12-9-13-25(31)17-24)28(35)20-37-26-15-21(2)29(32)22(3)16-26/h6-13,15-17,27H,4-5,14,18-20H2,1-3H3,(H,33,36)/t27-/m1/s1. The zero-order valence-corrected chi connectivity index (χ0v) is 23.1. The maximum Gasteiger partial charge on any atom is 0.261 e. The first-order chi connectivity index (χ1) is 17.8. The maximum atomic E-state index is 13.7. The fourth-order valence-electron chi connectivity index (χ4n) is 4.11. The molecule has 0 fully saturated rings. The predicted molar refractivity (Wildman–Crippen MR) is 150 cm³/mol. The molecular weight excluding hydrogens is 507 g/mol. The van der Waals surface area contributed by atoms with Gasteiger partial charge in [0.25, 0.3) is 5.91 Å². The molecule has 1 N–H and O–H groups in total. The summed E-state index contributed by atoms with van der Waals surface area (Å²) < 4.78 is 5.90. The first-order valence-electron chi connectivity index (χ1n) is 12.5. The van der Waals surface area contributed by atoms with Crippen molar-refractivity contribution in [2.45, 2.75) is 52.6 Å². The highest BCUT2D eigenvalue weighted by Gasteiger charge is 2.30. The average molecular weight is 542 g/mol. The van der Waals surface area contributed by atoms with Crippen LogP contribution in [0.1, 0.15) is 42.0 Å². The van der Waals surface area contributed by atoms with E-state index < -0.39 is 6.04 Å². The van der Waals surface area contributed by atoms with Crippen molar-refractivity contribution in [3.05, 3.63) is 99.0 Å². The number of hydrogen-bond donors (Lipinski definition) is 1. The zero-order valence-electron chi connectivity index (χ0n) is 21.6. The van der Waals surface area contributed by atoms with E-state index in [9.17, 15) is 9.59 Å². The minimum absolute atomic E-state index is 0.189. The van der Waals surface area contributed by atoms with Crippen LogP contribution in [0.5, 0.6) is 5.75 Å². The number of nitrogens with zero attached hydrogens (tertiary/aromatic N) is 1. The highest BCUT2D eigenvalue weighted by Crippen LogP contribution is 2.26. The summed E-state index contributed by atoms with van der Waals surface area (Å²) in [6, 6.07) is 19.9. The number of rotatable bonds is 12. The molecule has 0 bridgehead atoms. The summed E-state index contributed by atoms with van der Waals surface area (Å²) in [5.41, 5.74) is 3.54. The van der Waals surface area contributed by atoms with E-state index in [2.05, 4.69) is 12.2 Å². The molecule has 0 unspecified atom stereocenters. The largest absolute Gasteiger partial charge is 0.484 e. The van der Waals surface area contributed by atoms with Gasteiger partial charge in [-0.05, 0) is 66.8 Å². The Morgan fingerprint density at radius 1 is 0.946 bits per heavy atom. The summed E-state index contributed by atoms with van der Waals surface area (Å²) in [4.78, 5) is 28.7. The van der Waals surface area contributed by atoms with Gasteiger partial charge < -0.3 is 15.0 Å². The fraction of sp³-hybridized carbons (Fsp3) is 0.333. The summed E-state index contributed by atoms with van der Waals surface area (Å²) >= 11 is 12.5. The van der Waals surface area contributed by atoms with Crippen LogP contribution in [0, 0.1) is 13.8 Å². The molecule has 0 radical (unpaired) electrons. The second-order valence-corrected chi connectivity index (χ2v) is 9.98. The third-order valence-corrected chi connectivity index (χ3v) is 6.95. The summed E-state index contributed by atoms with van der Waals surface area (Å²) in [6.07, 6.45) is 2.21. The van der Waals surface area contributed by atoms with Gasteiger partial charge in [0, 0.05) is 29.6 Å². The van der Waals surface area contributed by atoms with Gasteiger partial charge in [0.05, 0.1) is 0 Å². The Bertz CT molecular complexity index is 1180. The summed E-state index contributed by atoms with van der Waals surface area (Å²) in [5.74, 6) is 0.0742. The molecule has 3 aromatic carbocycles.